The predicted molar refractivity (Wildman–Crippen MR) is 150 cm³/mol. The summed E-state index contributed by atoms with van der Waals surface area (Å²) in [6.07, 6.45) is 4.35. The van der Waals surface area contributed by atoms with Crippen molar-refractivity contribution in [1.29, 1.82) is 0 Å². The molecule has 2 aliphatic heterocycles. The second-order valence-electron chi connectivity index (χ2n) is 9.18. The molecule has 38 heavy (non-hydrogen) atoms. The Hall–Kier alpha value is -3.05. The first-order valence-corrected chi connectivity index (χ1v) is 13.3. The molecule has 0 atom stereocenters. The van der Waals surface area contributed by atoms with E-state index < -0.39 is 0 Å². The summed E-state index contributed by atoms with van der Waals surface area (Å²) in [4.78, 5) is 20.5. The number of nitrogens with zero attached hydrogens (tertiary/aromatic N) is 6. The normalized spacial score (nSPS) is 15.8. The van der Waals surface area contributed by atoms with Crippen molar-refractivity contribution in [3.05, 3.63) is 51.9 Å². The van der Waals surface area contributed by atoms with E-state index in [2.05, 4.69) is 30.0 Å². The first kappa shape index (κ1) is 26.6. The summed E-state index contributed by atoms with van der Waals surface area (Å²) in [5.74, 6) is 2.49. The third-order valence-electron chi connectivity index (χ3n) is 6.92. The van der Waals surface area contributed by atoms with Gasteiger partial charge in [-0.15, -0.1) is 0 Å². The van der Waals surface area contributed by atoms with Gasteiger partial charge in [0, 0.05) is 70.1 Å². The second kappa shape index (κ2) is 11.8. The monoisotopic (exact) mass is 559 g/mol. The number of rotatable bonds is 8. The lowest BCUT2D eigenvalue weighted by Crippen LogP contribution is -2.47. The number of anilines is 4. The summed E-state index contributed by atoms with van der Waals surface area (Å²) >= 11 is 13.3. The van der Waals surface area contributed by atoms with E-state index in [0.29, 0.717) is 52.7 Å². The zero-order valence-corrected chi connectivity index (χ0v) is 23.0. The zero-order chi connectivity index (χ0) is 26.6. The molecule has 0 unspecified atom stereocenters. The van der Waals surface area contributed by atoms with Crippen LogP contribution in [0.25, 0.3) is 0 Å². The van der Waals surface area contributed by atoms with E-state index >= 15 is 0 Å². The molecule has 3 aromatic rings. The van der Waals surface area contributed by atoms with Crippen LogP contribution < -0.4 is 24.6 Å². The summed E-state index contributed by atoms with van der Waals surface area (Å²) in [6, 6.07) is 5.69. The maximum atomic E-state index is 9.13. The maximum absolute atomic E-state index is 9.13. The molecule has 2 aliphatic rings. The molecule has 12 heteroatoms. The number of β-amino-alcohol motifs (C(OH)–C–C–N with tert-alkyl or cyclic N) is 1. The fourth-order valence-corrected chi connectivity index (χ4v) is 5.58. The SMILES string of the molecule is COc1cc(OC)c(Cl)c(N2CCc3nc(Nc4ccc(N5CCN(CCO)CC5)nc4)ncc3C2)c1Cl. The van der Waals surface area contributed by atoms with Crippen LogP contribution in [-0.4, -0.2) is 85.1 Å². The topological polar surface area (TPSA) is 99.1 Å². The van der Waals surface area contributed by atoms with E-state index in [9.17, 15) is 0 Å². The number of hydrogen-bond donors (Lipinski definition) is 2. The number of aliphatic hydroxyl groups is 1. The summed E-state index contributed by atoms with van der Waals surface area (Å²) in [7, 11) is 3.13. The molecule has 0 saturated carbocycles. The molecule has 4 heterocycles. The van der Waals surface area contributed by atoms with Gasteiger partial charge in [-0.25, -0.2) is 15.0 Å². The van der Waals surface area contributed by atoms with Gasteiger partial charge in [-0.3, -0.25) is 4.90 Å². The lowest BCUT2D eigenvalue weighted by Gasteiger charge is -2.35. The minimum absolute atomic E-state index is 0.196. The van der Waals surface area contributed by atoms with Crippen LogP contribution in [-0.2, 0) is 13.0 Å². The molecule has 10 nitrogen and oxygen atoms in total. The summed E-state index contributed by atoms with van der Waals surface area (Å²) in [6.45, 7) is 5.79. The smallest absolute Gasteiger partial charge is 0.227 e. The van der Waals surface area contributed by atoms with Gasteiger partial charge < -0.3 is 29.7 Å². The van der Waals surface area contributed by atoms with Gasteiger partial charge in [-0.05, 0) is 12.1 Å². The number of fused-ring (bicyclic) bond motifs is 1. The van der Waals surface area contributed by atoms with Gasteiger partial charge in [0.25, 0.3) is 0 Å². The van der Waals surface area contributed by atoms with Gasteiger partial charge in [-0.2, -0.15) is 0 Å². The zero-order valence-electron chi connectivity index (χ0n) is 21.5. The van der Waals surface area contributed by atoms with E-state index in [1.54, 1.807) is 26.5 Å². The fourth-order valence-electron chi connectivity index (χ4n) is 4.84. The van der Waals surface area contributed by atoms with Crippen molar-refractivity contribution in [1.82, 2.24) is 19.9 Å². The van der Waals surface area contributed by atoms with Crippen LogP contribution in [0.3, 0.4) is 0 Å². The Morgan fingerprint density at radius 3 is 2.32 bits per heavy atom. The molecule has 2 aromatic heterocycles. The van der Waals surface area contributed by atoms with Crippen molar-refractivity contribution in [2.75, 3.05) is 75.2 Å². The van der Waals surface area contributed by atoms with E-state index in [1.807, 2.05) is 18.3 Å². The highest BCUT2D eigenvalue weighted by Gasteiger charge is 2.26. The third-order valence-corrected chi connectivity index (χ3v) is 7.65. The molecule has 1 aromatic carbocycles. The lowest BCUT2D eigenvalue weighted by atomic mass is 10.1. The van der Waals surface area contributed by atoms with E-state index in [-0.39, 0.29) is 6.61 Å². The lowest BCUT2D eigenvalue weighted by molar-refractivity contribution is 0.188. The first-order chi connectivity index (χ1) is 18.5. The van der Waals surface area contributed by atoms with E-state index in [1.165, 1.54) is 0 Å². The number of piperazine rings is 1. The van der Waals surface area contributed by atoms with Crippen LogP contribution in [0.4, 0.5) is 23.1 Å². The summed E-state index contributed by atoms with van der Waals surface area (Å²) in [5.41, 5.74) is 3.49. The highest BCUT2D eigenvalue weighted by atomic mass is 35.5. The number of benzene rings is 1. The number of pyridine rings is 1. The Balaban J connectivity index is 1.25. The van der Waals surface area contributed by atoms with Crippen LogP contribution in [0.15, 0.2) is 30.6 Å². The Bertz CT molecular complexity index is 1240. The highest BCUT2D eigenvalue weighted by Crippen LogP contribution is 2.47. The standard InChI is InChI=1S/C26H31Cl2N7O3/c1-37-20-13-21(38-2)24(28)25(23(20)27)35-6-5-19-17(16-35)14-30-26(32-19)31-18-3-4-22(29-15-18)34-9-7-33(8-10-34)11-12-36/h3-4,13-15,36H,5-12,16H2,1-2H3,(H,30,31,32). The Kier molecular flexibility index (Phi) is 8.23. The number of halogens is 2. The summed E-state index contributed by atoms with van der Waals surface area (Å²) < 4.78 is 10.8. The Morgan fingerprint density at radius 1 is 0.947 bits per heavy atom. The fraction of sp³-hybridized carbons (Fsp3) is 0.423. The first-order valence-electron chi connectivity index (χ1n) is 12.5. The molecular formula is C26H31Cl2N7O3. The summed E-state index contributed by atoms with van der Waals surface area (Å²) in [5, 5.41) is 13.3. The molecular weight excluding hydrogens is 529 g/mol. The van der Waals surface area contributed by atoms with Crippen LogP contribution in [0.2, 0.25) is 10.0 Å². The Morgan fingerprint density at radius 2 is 1.68 bits per heavy atom. The molecule has 202 valence electrons. The van der Waals surface area contributed by atoms with Crippen LogP contribution in [0.1, 0.15) is 11.3 Å². The average Bonchev–Trinajstić information content (AvgIpc) is 2.94. The van der Waals surface area contributed by atoms with E-state index in [4.69, 9.17) is 42.8 Å². The van der Waals surface area contributed by atoms with Gasteiger partial charge in [0.15, 0.2) is 0 Å². The number of ether oxygens (including phenoxy) is 2. The number of hydrogen-bond acceptors (Lipinski definition) is 10. The number of methoxy groups -OCH3 is 2. The van der Waals surface area contributed by atoms with Gasteiger partial charge in [0.1, 0.15) is 27.4 Å². The number of aliphatic hydroxyl groups excluding tert-OH is 1. The van der Waals surface area contributed by atoms with Crippen LogP contribution >= 0.6 is 23.2 Å². The predicted octanol–water partition coefficient (Wildman–Crippen LogP) is 3.62. The molecule has 1 saturated heterocycles. The molecule has 1 fully saturated rings. The minimum atomic E-state index is 0.196. The van der Waals surface area contributed by atoms with Crippen LogP contribution in [0.5, 0.6) is 11.5 Å². The largest absolute Gasteiger partial charge is 0.495 e. The second-order valence-corrected chi connectivity index (χ2v) is 9.93. The maximum Gasteiger partial charge on any atom is 0.227 e. The van der Waals surface area contributed by atoms with Crippen molar-refractivity contribution >= 4 is 46.3 Å². The third kappa shape index (κ3) is 5.54. The Labute approximate surface area is 232 Å². The average molecular weight is 560 g/mol. The molecule has 2 N–H and O–H groups in total. The van der Waals surface area contributed by atoms with Crippen molar-refractivity contribution in [3.63, 3.8) is 0 Å². The highest BCUT2D eigenvalue weighted by molar-refractivity contribution is 6.41. The van der Waals surface area contributed by atoms with Gasteiger partial charge in [-0.1, -0.05) is 23.2 Å². The van der Waals surface area contributed by atoms with Crippen molar-refractivity contribution < 1.29 is 14.6 Å². The molecule has 5 rings (SSSR count). The van der Waals surface area contributed by atoms with Crippen molar-refractivity contribution in [3.8, 4) is 11.5 Å². The molecule has 0 bridgehead atoms. The van der Waals surface area contributed by atoms with Crippen molar-refractivity contribution in [2.24, 2.45) is 0 Å². The molecule has 0 aliphatic carbocycles. The molecule has 0 radical (unpaired) electrons. The molecule has 0 spiro atoms. The quantitative estimate of drug-likeness (QED) is 0.425. The number of aromatic nitrogens is 3. The van der Waals surface area contributed by atoms with E-state index in [0.717, 1.165) is 55.5 Å². The van der Waals surface area contributed by atoms with Gasteiger partial charge in [0.2, 0.25) is 5.95 Å². The van der Waals surface area contributed by atoms with Gasteiger partial charge >= 0.3 is 0 Å². The minimum Gasteiger partial charge on any atom is -0.495 e. The number of nitrogens with one attached hydrogen (secondary N) is 1. The van der Waals surface area contributed by atoms with Gasteiger partial charge in [0.05, 0.1) is 44.1 Å². The van der Waals surface area contributed by atoms with Crippen molar-refractivity contribution in [2.45, 2.75) is 13.0 Å². The molecule has 0 amide bonds. The van der Waals surface area contributed by atoms with Crippen LogP contribution in [0, 0.1) is 0 Å².